The van der Waals surface area contributed by atoms with E-state index < -0.39 is 0 Å². The van der Waals surface area contributed by atoms with Gasteiger partial charge < -0.3 is 10.4 Å². The molecule has 0 atom stereocenters. The van der Waals surface area contributed by atoms with Gasteiger partial charge in [0.1, 0.15) is 5.75 Å². The van der Waals surface area contributed by atoms with E-state index in [2.05, 4.69) is 26.0 Å². The maximum absolute atomic E-state index is 12.6. The molecule has 4 aromatic carbocycles. The van der Waals surface area contributed by atoms with E-state index in [0.717, 1.165) is 28.0 Å². The Morgan fingerprint density at radius 2 is 1.74 bits per heavy atom. The van der Waals surface area contributed by atoms with E-state index >= 15 is 0 Å². The first-order valence-corrected chi connectivity index (χ1v) is 13.0. The van der Waals surface area contributed by atoms with Crippen molar-refractivity contribution >= 4 is 40.3 Å². The van der Waals surface area contributed by atoms with E-state index in [0.29, 0.717) is 17.3 Å². The molecule has 0 saturated carbocycles. The Kier molecular flexibility index (Phi) is 7.65. The summed E-state index contributed by atoms with van der Waals surface area (Å²) in [5.74, 6) is 0.616. The van der Waals surface area contributed by atoms with Crippen molar-refractivity contribution in [2.75, 3.05) is 11.1 Å². The fraction of sp³-hybridized carbons (Fsp3) is 0.103. The Balaban J connectivity index is 1.27. The van der Waals surface area contributed by atoms with Crippen LogP contribution in [0.3, 0.4) is 0 Å². The number of para-hydroxylation sites is 1. The minimum Gasteiger partial charge on any atom is -0.507 e. The third kappa shape index (κ3) is 5.84. The number of hydrogen-bond acceptors (Lipinski definition) is 7. The molecule has 9 heteroatoms. The van der Waals surface area contributed by atoms with E-state index in [1.165, 1.54) is 23.5 Å². The predicted molar refractivity (Wildman–Crippen MR) is 152 cm³/mol. The molecule has 190 valence electrons. The standard InChI is InChI=1S/C29H26N6O2S/c1-20-11-14-22(15-12-20)30-18-27-32-34-29(35(27)23-8-3-2-4-9-23)38-19-28(37)33-31-17-25-24-10-6-5-7-21(24)13-16-26(25)36/h2-17,30,36H,18-19H2,1H3,(H,33,37)/b31-17+. The number of nitrogens with zero attached hydrogens (tertiary/aromatic N) is 4. The lowest BCUT2D eigenvalue weighted by atomic mass is 10.0. The number of nitrogens with one attached hydrogen (secondary N) is 2. The maximum Gasteiger partial charge on any atom is 0.250 e. The van der Waals surface area contributed by atoms with E-state index in [1.807, 2.05) is 96.4 Å². The normalized spacial score (nSPS) is 11.2. The van der Waals surface area contributed by atoms with Gasteiger partial charge in [0.25, 0.3) is 5.91 Å². The smallest absolute Gasteiger partial charge is 0.250 e. The van der Waals surface area contributed by atoms with Crippen LogP contribution >= 0.6 is 11.8 Å². The summed E-state index contributed by atoms with van der Waals surface area (Å²) in [4.78, 5) is 12.6. The summed E-state index contributed by atoms with van der Waals surface area (Å²) in [5, 5.41) is 28.9. The number of carbonyl (C=O) groups excluding carboxylic acids is 1. The minimum absolute atomic E-state index is 0.0925. The van der Waals surface area contributed by atoms with Gasteiger partial charge in [0.2, 0.25) is 0 Å². The molecule has 5 rings (SSSR count). The van der Waals surface area contributed by atoms with Gasteiger partial charge >= 0.3 is 0 Å². The number of phenols is 1. The number of aromatic nitrogens is 3. The SMILES string of the molecule is Cc1ccc(NCc2nnc(SCC(=O)N/N=C/c3c(O)ccc4ccccc34)n2-c2ccccc2)cc1. The fourth-order valence-corrected chi connectivity index (χ4v) is 4.71. The lowest BCUT2D eigenvalue weighted by Crippen LogP contribution is -2.20. The van der Waals surface area contributed by atoms with Crippen molar-refractivity contribution in [3.63, 3.8) is 0 Å². The maximum atomic E-state index is 12.6. The van der Waals surface area contributed by atoms with Crippen LogP contribution in [0, 0.1) is 6.92 Å². The number of carbonyl (C=O) groups is 1. The molecule has 0 aliphatic rings. The zero-order valence-corrected chi connectivity index (χ0v) is 21.5. The fourth-order valence-electron chi connectivity index (χ4n) is 3.95. The van der Waals surface area contributed by atoms with E-state index in [4.69, 9.17) is 0 Å². The zero-order valence-electron chi connectivity index (χ0n) is 20.7. The average Bonchev–Trinajstić information content (AvgIpc) is 3.36. The molecule has 0 radical (unpaired) electrons. The molecule has 0 spiro atoms. The lowest BCUT2D eigenvalue weighted by molar-refractivity contribution is -0.118. The van der Waals surface area contributed by atoms with Crippen molar-refractivity contribution < 1.29 is 9.90 Å². The molecule has 3 N–H and O–H groups in total. The average molecular weight is 523 g/mol. The molecule has 0 aliphatic heterocycles. The molecule has 8 nitrogen and oxygen atoms in total. The van der Waals surface area contributed by atoms with E-state index in [9.17, 15) is 9.90 Å². The topological polar surface area (TPSA) is 104 Å². The van der Waals surface area contributed by atoms with Crippen LogP contribution < -0.4 is 10.7 Å². The third-order valence-corrected chi connectivity index (χ3v) is 6.81. The van der Waals surface area contributed by atoms with Crippen molar-refractivity contribution in [1.82, 2.24) is 20.2 Å². The number of aromatic hydroxyl groups is 1. The predicted octanol–water partition coefficient (Wildman–Crippen LogP) is 5.29. The van der Waals surface area contributed by atoms with Crippen LogP contribution in [-0.4, -0.2) is 37.7 Å². The van der Waals surface area contributed by atoms with Crippen LogP contribution in [0.15, 0.2) is 101 Å². The molecule has 38 heavy (non-hydrogen) atoms. The molecule has 0 bridgehead atoms. The van der Waals surface area contributed by atoms with Crippen LogP contribution in [-0.2, 0) is 11.3 Å². The number of amides is 1. The van der Waals surface area contributed by atoms with Gasteiger partial charge in [-0.3, -0.25) is 9.36 Å². The van der Waals surface area contributed by atoms with Crippen LogP contribution in [0.1, 0.15) is 17.0 Å². The molecule has 0 fully saturated rings. The van der Waals surface area contributed by atoms with Crippen molar-refractivity contribution in [1.29, 1.82) is 0 Å². The van der Waals surface area contributed by atoms with Crippen molar-refractivity contribution in [3.8, 4) is 11.4 Å². The first kappa shape index (κ1) is 25.0. The Bertz CT molecular complexity index is 1580. The Labute approximate surface area is 224 Å². The number of rotatable bonds is 9. The summed E-state index contributed by atoms with van der Waals surface area (Å²) in [7, 11) is 0. The molecule has 1 aromatic heterocycles. The monoisotopic (exact) mass is 522 g/mol. The number of fused-ring (bicyclic) bond motifs is 1. The number of phenolic OH excluding ortho intramolecular Hbond substituents is 1. The highest BCUT2D eigenvalue weighted by atomic mass is 32.2. The summed E-state index contributed by atoms with van der Waals surface area (Å²) < 4.78 is 1.94. The Hall–Kier alpha value is -4.63. The molecular formula is C29H26N6O2S. The van der Waals surface area contributed by atoms with Gasteiger partial charge in [-0.25, -0.2) is 5.43 Å². The van der Waals surface area contributed by atoms with Crippen LogP contribution in [0.25, 0.3) is 16.5 Å². The number of hydrogen-bond donors (Lipinski definition) is 3. The van der Waals surface area contributed by atoms with Crippen LogP contribution in [0.4, 0.5) is 5.69 Å². The second-order valence-corrected chi connectivity index (χ2v) is 9.53. The number of thioether (sulfide) groups is 1. The van der Waals surface area contributed by atoms with Gasteiger partial charge in [-0.05, 0) is 48.0 Å². The first-order valence-electron chi connectivity index (χ1n) is 12.0. The van der Waals surface area contributed by atoms with Gasteiger partial charge in [0.05, 0.1) is 18.5 Å². The number of hydrazone groups is 1. The van der Waals surface area contributed by atoms with Gasteiger partial charge in [-0.15, -0.1) is 10.2 Å². The third-order valence-electron chi connectivity index (χ3n) is 5.88. The highest BCUT2D eigenvalue weighted by Gasteiger charge is 2.16. The second-order valence-electron chi connectivity index (χ2n) is 8.59. The molecule has 1 heterocycles. The van der Waals surface area contributed by atoms with Gasteiger partial charge in [-0.2, -0.15) is 5.10 Å². The second kappa shape index (κ2) is 11.6. The van der Waals surface area contributed by atoms with E-state index in [-0.39, 0.29) is 17.4 Å². The summed E-state index contributed by atoms with van der Waals surface area (Å²) in [6.07, 6.45) is 1.46. The molecule has 0 saturated heterocycles. The molecule has 1 amide bonds. The highest BCUT2D eigenvalue weighted by Crippen LogP contribution is 2.26. The van der Waals surface area contributed by atoms with Crippen molar-refractivity contribution in [2.24, 2.45) is 5.10 Å². The van der Waals surface area contributed by atoms with Crippen LogP contribution in [0.2, 0.25) is 0 Å². The van der Waals surface area contributed by atoms with Gasteiger partial charge in [0.15, 0.2) is 11.0 Å². The van der Waals surface area contributed by atoms with E-state index in [1.54, 1.807) is 6.07 Å². The summed E-state index contributed by atoms with van der Waals surface area (Å²) >= 11 is 1.27. The molecule has 0 unspecified atom stereocenters. The largest absolute Gasteiger partial charge is 0.507 e. The van der Waals surface area contributed by atoms with Crippen molar-refractivity contribution in [2.45, 2.75) is 18.6 Å². The highest BCUT2D eigenvalue weighted by molar-refractivity contribution is 7.99. The quantitative estimate of drug-likeness (QED) is 0.138. The molecule has 0 aliphatic carbocycles. The van der Waals surface area contributed by atoms with Crippen LogP contribution in [0.5, 0.6) is 5.75 Å². The Morgan fingerprint density at radius 1 is 0.974 bits per heavy atom. The summed E-state index contributed by atoms with van der Waals surface area (Å²) in [6, 6.07) is 29.1. The molecular weight excluding hydrogens is 496 g/mol. The van der Waals surface area contributed by atoms with Gasteiger partial charge in [-0.1, -0.05) is 78.0 Å². The molecule has 5 aromatic rings. The zero-order chi connectivity index (χ0) is 26.3. The summed E-state index contributed by atoms with van der Waals surface area (Å²) in [5.41, 5.74) is 6.17. The number of aryl methyl sites for hydroxylation is 1. The minimum atomic E-state index is -0.298. The number of anilines is 1. The first-order chi connectivity index (χ1) is 18.6. The lowest BCUT2D eigenvalue weighted by Gasteiger charge is -2.11. The van der Waals surface area contributed by atoms with Crippen molar-refractivity contribution in [3.05, 3.63) is 108 Å². The summed E-state index contributed by atoms with van der Waals surface area (Å²) in [6.45, 7) is 2.52. The number of benzene rings is 4. The Morgan fingerprint density at radius 3 is 2.55 bits per heavy atom. The van der Waals surface area contributed by atoms with Gasteiger partial charge in [0, 0.05) is 16.9 Å².